The molecule has 5 heteroatoms. The van der Waals surface area contributed by atoms with Gasteiger partial charge in [-0.05, 0) is 32.9 Å². The Hall–Kier alpha value is -1.55. The number of aromatic nitrogens is 2. The van der Waals surface area contributed by atoms with E-state index < -0.39 is 0 Å². The lowest BCUT2D eigenvalue weighted by molar-refractivity contribution is 0.0911. The largest absolute Gasteiger partial charge is 0.346 e. The SMILES string of the molecule is Cn1c(C(=O)NC(C)(C)C)cc2ccnc(Cl)c21. The van der Waals surface area contributed by atoms with Gasteiger partial charge in [-0.25, -0.2) is 4.98 Å². The number of nitrogens with zero attached hydrogens (tertiary/aromatic N) is 2. The van der Waals surface area contributed by atoms with Gasteiger partial charge in [-0.3, -0.25) is 4.79 Å². The number of pyridine rings is 1. The summed E-state index contributed by atoms with van der Waals surface area (Å²) in [5.74, 6) is -0.114. The molecule has 0 saturated carbocycles. The molecule has 2 rings (SSSR count). The molecule has 2 aromatic heterocycles. The first-order valence-corrected chi connectivity index (χ1v) is 6.10. The van der Waals surface area contributed by atoms with E-state index in [1.54, 1.807) is 10.8 Å². The van der Waals surface area contributed by atoms with Gasteiger partial charge in [0.15, 0.2) is 5.15 Å². The summed E-state index contributed by atoms with van der Waals surface area (Å²) < 4.78 is 1.77. The molecule has 0 bridgehead atoms. The summed E-state index contributed by atoms with van der Waals surface area (Å²) in [6, 6.07) is 3.67. The van der Waals surface area contributed by atoms with Crippen LogP contribution in [0.4, 0.5) is 0 Å². The second-order valence-electron chi connectivity index (χ2n) is 5.33. The molecule has 96 valence electrons. The molecule has 0 spiro atoms. The predicted molar refractivity (Wildman–Crippen MR) is 72.9 cm³/mol. The van der Waals surface area contributed by atoms with Gasteiger partial charge < -0.3 is 9.88 Å². The average Bonchev–Trinajstić information content (AvgIpc) is 2.55. The van der Waals surface area contributed by atoms with Crippen molar-refractivity contribution in [2.24, 2.45) is 7.05 Å². The summed E-state index contributed by atoms with van der Waals surface area (Å²) in [4.78, 5) is 16.2. The second-order valence-corrected chi connectivity index (χ2v) is 5.69. The minimum absolute atomic E-state index is 0.114. The van der Waals surface area contributed by atoms with E-state index in [4.69, 9.17) is 11.6 Å². The zero-order valence-corrected chi connectivity index (χ0v) is 11.7. The highest BCUT2D eigenvalue weighted by Crippen LogP contribution is 2.24. The van der Waals surface area contributed by atoms with E-state index in [-0.39, 0.29) is 11.4 Å². The van der Waals surface area contributed by atoms with Crippen LogP contribution in [0.5, 0.6) is 0 Å². The Morgan fingerprint density at radius 3 is 2.67 bits per heavy atom. The number of fused-ring (bicyclic) bond motifs is 1. The molecule has 4 nitrogen and oxygen atoms in total. The van der Waals surface area contributed by atoms with Crippen LogP contribution < -0.4 is 5.32 Å². The smallest absolute Gasteiger partial charge is 0.268 e. The van der Waals surface area contributed by atoms with Gasteiger partial charge in [-0.1, -0.05) is 11.6 Å². The van der Waals surface area contributed by atoms with Crippen LogP contribution in [0.3, 0.4) is 0 Å². The molecule has 18 heavy (non-hydrogen) atoms. The van der Waals surface area contributed by atoms with Crippen LogP contribution in [0.1, 0.15) is 31.3 Å². The highest BCUT2D eigenvalue weighted by molar-refractivity contribution is 6.34. The highest BCUT2D eigenvalue weighted by Gasteiger charge is 2.19. The van der Waals surface area contributed by atoms with Gasteiger partial charge in [0.2, 0.25) is 0 Å². The lowest BCUT2D eigenvalue weighted by Crippen LogP contribution is -2.41. The van der Waals surface area contributed by atoms with Crippen LogP contribution in [0.2, 0.25) is 5.15 Å². The Labute approximate surface area is 111 Å². The van der Waals surface area contributed by atoms with Gasteiger partial charge in [0.1, 0.15) is 5.69 Å². The maximum absolute atomic E-state index is 12.2. The molecule has 0 saturated heterocycles. The van der Waals surface area contributed by atoms with Crippen LogP contribution in [0.15, 0.2) is 18.3 Å². The first-order chi connectivity index (χ1) is 8.29. The monoisotopic (exact) mass is 265 g/mol. The van der Waals surface area contributed by atoms with Crippen molar-refractivity contribution in [3.63, 3.8) is 0 Å². The van der Waals surface area contributed by atoms with Crippen molar-refractivity contribution in [1.29, 1.82) is 0 Å². The minimum atomic E-state index is -0.268. The van der Waals surface area contributed by atoms with Crippen molar-refractivity contribution in [2.45, 2.75) is 26.3 Å². The zero-order valence-electron chi connectivity index (χ0n) is 10.9. The van der Waals surface area contributed by atoms with Gasteiger partial charge >= 0.3 is 0 Å². The highest BCUT2D eigenvalue weighted by atomic mass is 35.5. The van der Waals surface area contributed by atoms with Crippen molar-refractivity contribution >= 4 is 28.4 Å². The van der Waals surface area contributed by atoms with Crippen molar-refractivity contribution in [1.82, 2.24) is 14.9 Å². The summed E-state index contributed by atoms with van der Waals surface area (Å²) in [5.41, 5.74) is 1.09. The molecule has 0 fully saturated rings. The van der Waals surface area contributed by atoms with Crippen molar-refractivity contribution in [3.8, 4) is 0 Å². The summed E-state index contributed by atoms with van der Waals surface area (Å²) in [7, 11) is 1.81. The number of carbonyl (C=O) groups is 1. The lowest BCUT2D eigenvalue weighted by Gasteiger charge is -2.20. The van der Waals surface area contributed by atoms with Crippen molar-refractivity contribution in [2.75, 3.05) is 0 Å². The fraction of sp³-hybridized carbons (Fsp3) is 0.385. The molecule has 0 aliphatic heterocycles. The molecule has 2 heterocycles. The van der Waals surface area contributed by atoms with Gasteiger partial charge in [0.25, 0.3) is 5.91 Å². The molecule has 0 aromatic carbocycles. The van der Waals surface area contributed by atoms with Gasteiger partial charge in [0, 0.05) is 24.2 Å². The van der Waals surface area contributed by atoms with Gasteiger partial charge in [-0.2, -0.15) is 0 Å². The molecule has 0 aliphatic carbocycles. The van der Waals surface area contributed by atoms with E-state index in [1.165, 1.54) is 0 Å². The molecule has 0 radical (unpaired) electrons. The normalized spacial score (nSPS) is 11.8. The molecule has 0 unspecified atom stereocenters. The van der Waals surface area contributed by atoms with Crippen LogP contribution in [0, 0.1) is 0 Å². The predicted octanol–water partition coefficient (Wildman–Crippen LogP) is 2.76. The third-order valence-electron chi connectivity index (χ3n) is 2.62. The number of rotatable bonds is 1. The van der Waals surface area contributed by atoms with Crippen LogP contribution >= 0.6 is 11.6 Å². The number of amides is 1. The topological polar surface area (TPSA) is 46.9 Å². The van der Waals surface area contributed by atoms with Gasteiger partial charge in [0.05, 0.1) is 5.52 Å². The van der Waals surface area contributed by atoms with Crippen LogP contribution in [-0.4, -0.2) is 21.0 Å². The Bertz CT molecular complexity index is 610. The van der Waals surface area contributed by atoms with Gasteiger partial charge in [-0.15, -0.1) is 0 Å². The van der Waals surface area contributed by atoms with Crippen LogP contribution in [0.25, 0.3) is 10.9 Å². The first-order valence-electron chi connectivity index (χ1n) is 5.72. The molecule has 1 amide bonds. The first kappa shape index (κ1) is 12.9. The maximum atomic E-state index is 12.2. The third-order valence-corrected chi connectivity index (χ3v) is 2.90. The minimum Gasteiger partial charge on any atom is -0.346 e. The number of hydrogen-bond donors (Lipinski definition) is 1. The molecule has 1 N–H and O–H groups in total. The summed E-state index contributed by atoms with van der Waals surface area (Å²) in [5, 5.41) is 4.25. The Morgan fingerprint density at radius 2 is 2.11 bits per heavy atom. The van der Waals surface area contributed by atoms with E-state index in [1.807, 2.05) is 40.0 Å². The quantitative estimate of drug-likeness (QED) is 0.806. The van der Waals surface area contributed by atoms with Crippen molar-refractivity contribution < 1.29 is 4.79 Å². The summed E-state index contributed by atoms with van der Waals surface area (Å²) in [6.45, 7) is 5.84. The third kappa shape index (κ3) is 2.34. The van der Waals surface area contributed by atoms with E-state index in [0.717, 1.165) is 10.9 Å². The average molecular weight is 266 g/mol. The van der Waals surface area contributed by atoms with E-state index in [2.05, 4.69) is 10.3 Å². The Morgan fingerprint density at radius 1 is 1.44 bits per heavy atom. The fourth-order valence-electron chi connectivity index (χ4n) is 1.88. The Balaban J connectivity index is 2.50. The molecular weight excluding hydrogens is 250 g/mol. The zero-order chi connectivity index (χ0) is 13.5. The lowest BCUT2D eigenvalue weighted by atomic mass is 10.1. The van der Waals surface area contributed by atoms with E-state index in [0.29, 0.717) is 10.8 Å². The summed E-state index contributed by atoms with van der Waals surface area (Å²) in [6.07, 6.45) is 1.64. The molecule has 2 aromatic rings. The fourth-order valence-corrected chi connectivity index (χ4v) is 2.17. The summed E-state index contributed by atoms with van der Waals surface area (Å²) >= 11 is 6.05. The molecular formula is C13H16ClN3O. The van der Waals surface area contributed by atoms with E-state index >= 15 is 0 Å². The number of carbonyl (C=O) groups excluding carboxylic acids is 1. The van der Waals surface area contributed by atoms with Crippen molar-refractivity contribution in [3.05, 3.63) is 29.2 Å². The number of aryl methyl sites for hydroxylation is 1. The standard InChI is InChI=1S/C13H16ClN3O/c1-13(2,3)16-12(18)9-7-8-5-6-15-11(14)10(8)17(9)4/h5-7H,1-4H3,(H,16,18). The number of nitrogens with one attached hydrogen (secondary N) is 1. The number of hydrogen-bond acceptors (Lipinski definition) is 2. The van der Waals surface area contributed by atoms with E-state index in [9.17, 15) is 4.79 Å². The molecule has 0 aliphatic rings. The van der Waals surface area contributed by atoms with Crippen LogP contribution in [-0.2, 0) is 7.05 Å². The maximum Gasteiger partial charge on any atom is 0.268 e. The molecule has 0 atom stereocenters. The number of halogens is 1. The Kier molecular flexibility index (Phi) is 3.07. The second kappa shape index (κ2) is 4.28.